The second kappa shape index (κ2) is 7.44. The van der Waals surface area contributed by atoms with Gasteiger partial charge in [-0.3, -0.25) is 9.48 Å². The number of aryl methyl sites for hydroxylation is 2. The van der Waals surface area contributed by atoms with Gasteiger partial charge < -0.3 is 10.4 Å². The molecule has 7 nitrogen and oxygen atoms in total. The number of benzene rings is 1. The fourth-order valence-corrected chi connectivity index (χ4v) is 4.90. The number of rotatable bonds is 5. The number of hydrogen-bond acceptors (Lipinski definition) is 5. The minimum Gasteiger partial charge on any atom is -0.394 e. The number of nitrogens with zero attached hydrogens (tertiary/aromatic N) is 2. The Hall–Kier alpha value is -2.19. The maximum absolute atomic E-state index is 12.5. The first-order chi connectivity index (χ1) is 12.7. The molecule has 146 valence electrons. The van der Waals surface area contributed by atoms with Gasteiger partial charge in [-0.05, 0) is 50.5 Å². The fourth-order valence-electron chi connectivity index (χ4n) is 3.21. The summed E-state index contributed by atoms with van der Waals surface area (Å²) in [4.78, 5) is 12.5. The van der Waals surface area contributed by atoms with Crippen LogP contribution in [0.5, 0.6) is 0 Å². The van der Waals surface area contributed by atoms with Gasteiger partial charge in [-0.15, -0.1) is 0 Å². The van der Waals surface area contributed by atoms with Crippen LogP contribution in [0, 0.1) is 13.8 Å². The van der Waals surface area contributed by atoms with E-state index in [9.17, 15) is 13.2 Å². The quantitative estimate of drug-likeness (QED) is 0.807. The van der Waals surface area contributed by atoms with Crippen LogP contribution >= 0.6 is 0 Å². The molecule has 2 heterocycles. The summed E-state index contributed by atoms with van der Waals surface area (Å²) in [7, 11) is -3.09. The Kier molecular flexibility index (Phi) is 5.39. The van der Waals surface area contributed by atoms with Crippen molar-refractivity contribution >= 4 is 15.7 Å². The van der Waals surface area contributed by atoms with Crippen molar-refractivity contribution in [1.29, 1.82) is 0 Å². The summed E-state index contributed by atoms with van der Waals surface area (Å²) in [5, 5.41) is 16.3. The van der Waals surface area contributed by atoms with E-state index in [1.165, 1.54) is 0 Å². The summed E-state index contributed by atoms with van der Waals surface area (Å²) < 4.78 is 25.5. The summed E-state index contributed by atoms with van der Waals surface area (Å²) in [6.07, 6.45) is 0.482. The Bertz CT molecular complexity index is 965. The van der Waals surface area contributed by atoms with Crippen LogP contribution in [0.25, 0.3) is 11.3 Å². The van der Waals surface area contributed by atoms with Gasteiger partial charge >= 0.3 is 0 Å². The molecule has 1 aromatic carbocycles. The first-order valence-corrected chi connectivity index (χ1v) is 10.8. The SMILES string of the molecule is Cc1ccc(-c2cc(C(=O)N[C@@H](C)CO)nn2C2CCS(=O)(=O)C2)cc1C. The largest absolute Gasteiger partial charge is 0.394 e. The molecule has 1 aliphatic rings. The average Bonchev–Trinajstić information content (AvgIpc) is 3.20. The third kappa shape index (κ3) is 4.22. The van der Waals surface area contributed by atoms with E-state index in [0.717, 1.165) is 22.4 Å². The lowest BCUT2D eigenvalue weighted by Crippen LogP contribution is -2.35. The molecule has 27 heavy (non-hydrogen) atoms. The van der Waals surface area contributed by atoms with Gasteiger partial charge in [0.1, 0.15) is 0 Å². The Morgan fingerprint density at radius 3 is 2.67 bits per heavy atom. The van der Waals surface area contributed by atoms with Crippen molar-refractivity contribution in [2.24, 2.45) is 0 Å². The van der Waals surface area contributed by atoms with Crippen LogP contribution in [0.3, 0.4) is 0 Å². The lowest BCUT2D eigenvalue weighted by Gasteiger charge is -2.14. The number of amides is 1. The smallest absolute Gasteiger partial charge is 0.272 e. The zero-order valence-corrected chi connectivity index (χ0v) is 16.6. The van der Waals surface area contributed by atoms with Gasteiger partial charge in [-0.25, -0.2) is 8.42 Å². The van der Waals surface area contributed by atoms with E-state index in [1.807, 2.05) is 32.0 Å². The third-order valence-electron chi connectivity index (χ3n) is 4.98. The van der Waals surface area contributed by atoms with Crippen LogP contribution in [-0.2, 0) is 9.84 Å². The van der Waals surface area contributed by atoms with E-state index in [2.05, 4.69) is 10.4 Å². The molecule has 0 radical (unpaired) electrons. The highest BCUT2D eigenvalue weighted by Gasteiger charge is 2.32. The van der Waals surface area contributed by atoms with Crippen molar-refractivity contribution in [2.75, 3.05) is 18.1 Å². The highest BCUT2D eigenvalue weighted by Crippen LogP contribution is 2.31. The zero-order chi connectivity index (χ0) is 19.8. The van der Waals surface area contributed by atoms with E-state index in [1.54, 1.807) is 17.7 Å². The summed E-state index contributed by atoms with van der Waals surface area (Å²) in [6.45, 7) is 5.56. The van der Waals surface area contributed by atoms with Gasteiger partial charge in [-0.2, -0.15) is 5.10 Å². The number of nitrogens with one attached hydrogen (secondary N) is 1. The van der Waals surface area contributed by atoms with E-state index >= 15 is 0 Å². The molecule has 3 rings (SSSR count). The summed E-state index contributed by atoms with van der Waals surface area (Å²) in [6, 6.07) is 6.99. The Labute approximate surface area is 159 Å². The summed E-state index contributed by atoms with van der Waals surface area (Å²) >= 11 is 0. The normalized spacial score (nSPS) is 19.8. The third-order valence-corrected chi connectivity index (χ3v) is 6.73. The highest BCUT2D eigenvalue weighted by atomic mass is 32.2. The molecule has 0 saturated carbocycles. The van der Waals surface area contributed by atoms with Crippen LogP contribution in [-0.4, -0.2) is 53.4 Å². The molecular formula is C19H25N3O4S. The van der Waals surface area contributed by atoms with Crippen LogP contribution in [0.15, 0.2) is 24.3 Å². The highest BCUT2D eigenvalue weighted by molar-refractivity contribution is 7.91. The van der Waals surface area contributed by atoms with Gasteiger partial charge in [-0.1, -0.05) is 12.1 Å². The Morgan fingerprint density at radius 1 is 1.33 bits per heavy atom. The number of carbonyl (C=O) groups is 1. The summed E-state index contributed by atoms with van der Waals surface area (Å²) in [5.74, 6) is -0.227. The molecule has 2 aromatic rings. The maximum atomic E-state index is 12.5. The molecule has 8 heteroatoms. The average molecular weight is 391 g/mol. The predicted molar refractivity (Wildman–Crippen MR) is 103 cm³/mol. The Balaban J connectivity index is 2.04. The molecule has 2 N–H and O–H groups in total. The monoisotopic (exact) mass is 391 g/mol. The van der Waals surface area contributed by atoms with Gasteiger partial charge in [0.25, 0.3) is 5.91 Å². The molecule has 0 bridgehead atoms. The predicted octanol–water partition coefficient (Wildman–Crippen LogP) is 1.64. The van der Waals surface area contributed by atoms with Crippen molar-refractivity contribution in [1.82, 2.24) is 15.1 Å². The number of aliphatic hydroxyl groups is 1. The van der Waals surface area contributed by atoms with Gasteiger partial charge in [0.15, 0.2) is 15.5 Å². The van der Waals surface area contributed by atoms with Crippen LogP contribution < -0.4 is 5.32 Å². The lowest BCUT2D eigenvalue weighted by molar-refractivity contribution is 0.0916. The topological polar surface area (TPSA) is 101 Å². The number of aliphatic hydroxyl groups excluding tert-OH is 1. The molecule has 1 aliphatic heterocycles. The molecule has 1 unspecified atom stereocenters. The number of hydrogen-bond donors (Lipinski definition) is 2. The van der Waals surface area contributed by atoms with Gasteiger partial charge in [0.05, 0.1) is 29.8 Å². The van der Waals surface area contributed by atoms with Gasteiger partial charge in [0.2, 0.25) is 0 Å². The molecule has 1 fully saturated rings. The van der Waals surface area contributed by atoms with E-state index < -0.39 is 9.84 Å². The molecule has 0 spiro atoms. The first kappa shape index (κ1) is 19.6. The molecular weight excluding hydrogens is 366 g/mol. The second-order valence-corrected chi connectivity index (χ2v) is 9.50. The van der Waals surface area contributed by atoms with Gasteiger partial charge in [0, 0.05) is 11.6 Å². The summed E-state index contributed by atoms with van der Waals surface area (Å²) in [5.41, 5.74) is 4.10. The number of carbonyl (C=O) groups excluding carboxylic acids is 1. The Morgan fingerprint density at radius 2 is 2.07 bits per heavy atom. The zero-order valence-electron chi connectivity index (χ0n) is 15.8. The van der Waals surface area contributed by atoms with Crippen molar-refractivity contribution in [3.05, 3.63) is 41.1 Å². The molecule has 1 aromatic heterocycles. The minimum absolute atomic E-state index is 0.0284. The van der Waals surface area contributed by atoms with Crippen molar-refractivity contribution in [2.45, 2.75) is 39.3 Å². The van der Waals surface area contributed by atoms with Crippen molar-refractivity contribution in [3.8, 4) is 11.3 Å². The van der Waals surface area contributed by atoms with E-state index in [0.29, 0.717) is 6.42 Å². The van der Waals surface area contributed by atoms with Crippen molar-refractivity contribution < 1.29 is 18.3 Å². The van der Waals surface area contributed by atoms with Crippen LogP contribution in [0.2, 0.25) is 0 Å². The maximum Gasteiger partial charge on any atom is 0.272 e. The number of sulfone groups is 1. The fraction of sp³-hybridized carbons (Fsp3) is 0.474. The lowest BCUT2D eigenvalue weighted by atomic mass is 10.0. The molecule has 2 atom stereocenters. The molecule has 1 saturated heterocycles. The second-order valence-electron chi connectivity index (χ2n) is 7.27. The minimum atomic E-state index is -3.09. The standard InChI is InChI=1S/C19H25N3O4S/c1-12-4-5-15(8-13(12)2)18-9-17(19(24)20-14(3)10-23)21-22(18)16-6-7-27(25,26)11-16/h4-5,8-9,14,16,23H,6-7,10-11H2,1-3H3,(H,20,24)/t14-,16?/m0/s1. The van der Waals surface area contributed by atoms with E-state index in [4.69, 9.17) is 5.11 Å². The van der Waals surface area contributed by atoms with Crippen molar-refractivity contribution in [3.63, 3.8) is 0 Å². The first-order valence-electron chi connectivity index (χ1n) is 8.99. The van der Waals surface area contributed by atoms with Crippen LogP contribution in [0.4, 0.5) is 0 Å². The number of aromatic nitrogens is 2. The molecule has 1 amide bonds. The van der Waals surface area contributed by atoms with E-state index in [-0.39, 0.29) is 41.8 Å². The molecule has 0 aliphatic carbocycles. The van der Waals surface area contributed by atoms with Crippen LogP contribution in [0.1, 0.15) is 41.0 Å².